The molecule has 72 heavy (non-hydrogen) atoms. The third kappa shape index (κ3) is 16.7. The van der Waals surface area contributed by atoms with Crippen LogP contribution >= 0.6 is 0 Å². The van der Waals surface area contributed by atoms with Gasteiger partial charge in [-0.2, -0.15) is 5.10 Å². The van der Waals surface area contributed by atoms with Gasteiger partial charge in [0.2, 0.25) is 0 Å². The summed E-state index contributed by atoms with van der Waals surface area (Å²) in [5, 5.41) is 25.1. The van der Waals surface area contributed by atoms with Crippen molar-refractivity contribution in [3.63, 3.8) is 0 Å². The molecule has 4 unspecified atom stereocenters. The minimum atomic E-state index is 0.532. The lowest BCUT2D eigenvalue weighted by Crippen LogP contribution is -2.38. The lowest BCUT2D eigenvalue weighted by Gasteiger charge is -2.30. The highest BCUT2D eigenvalue weighted by Gasteiger charge is 2.30. The van der Waals surface area contributed by atoms with E-state index in [2.05, 4.69) is 227 Å². The topological polar surface area (TPSA) is 59.5 Å². The molecule has 0 bridgehead atoms. The van der Waals surface area contributed by atoms with Crippen molar-refractivity contribution in [2.75, 3.05) is 54.4 Å². The van der Waals surface area contributed by atoms with E-state index in [4.69, 9.17) is 0 Å². The first-order valence-corrected chi connectivity index (χ1v) is 28.1. The summed E-state index contributed by atoms with van der Waals surface area (Å²) >= 11 is 0. The molecule has 410 valence electrons. The molecule has 11 heteroatoms. The molecule has 6 heterocycles. The number of hydrogen-bond acceptors (Lipinski definition) is 9. The van der Waals surface area contributed by atoms with Gasteiger partial charge in [-0.05, 0) is 182 Å². The number of aromatic amines is 1. The van der Waals surface area contributed by atoms with Gasteiger partial charge in [-0.25, -0.2) is 20.0 Å². The Hall–Kier alpha value is -4.03. The van der Waals surface area contributed by atoms with Gasteiger partial charge in [0, 0.05) is 124 Å². The standard InChI is InChI=1S/C13H26N2.C12H24N2.C12H17N.C11H22N2.C10H18N2.C3H4N2/c1-6-7-8-9-10-15-13(4)11(2)12(3)14(15)5;1-6-7-8-9-14-12(4)10(2)11(3)13(14)5;1-8-9(2)11(4)13(10(8)3)12-6-5-7-12;1-6-7-8-13-11(4)9(2)10(3)12(13)5;1-6-7-12-10(4)8(2)9(3)11(12)5;1-2-4-5-3-1/h12H,6-10H2,1-5H3;11H,6-9H2,1-5H3;6H,5,7H2,1-4H3;10H,6-8H2,1-5H3;6,9H,1,7H2,2-5H3;1-3H,(H,4,5). The first kappa shape index (κ1) is 64.1. The fourth-order valence-corrected chi connectivity index (χ4v) is 10.1. The summed E-state index contributed by atoms with van der Waals surface area (Å²) in [4.78, 5) is 0. The first-order chi connectivity index (χ1) is 34.0. The van der Waals surface area contributed by atoms with Crippen LogP contribution < -0.4 is 0 Å². The molecule has 0 saturated carbocycles. The number of allylic oxidation sites excluding steroid dienone is 6. The summed E-state index contributed by atoms with van der Waals surface area (Å²) in [6.07, 6.45) is 22.1. The average Bonchev–Trinajstić information content (AvgIpc) is 4.16. The quantitative estimate of drug-likeness (QED) is 0.139. The summed E-state index contributed by atoms with van der Waals surface area (Å²) in [6, 6.07) is 4.11. The zero-order valence-corrected chi connectivity index (χ0v) is 51.0. The molecule has 1 aliphatic carbocycles. The predicted molar refractivity (Wildman–Crippen MR) is 313 cm³/mol. The van der Waals surface area contributed by atoms with E-state index in [1.807, 2.05) is 12.1 Å². The van der Waals surface area contributed by atoms with Crippen molar-refractivity contribution in [1.29, 1.82) is 0 Å². The van der Waals surface area contributed by atoms with Crippen LogP contribution in [0.25, 0.3) is 5.70 Å². The van der Waals surface area contributed by atoms with Crippen molar-refractivity contribution in [3.05, 3.63) is 105 Å². The zero-order chi connectivity index (χ0) is 54.6. The molecule has 5 aliphatic rings. The van der Waals surface area contributed by atoms with E-state index in [9.17, 15) is 0 Å². The second kappa shape index (κ2) is 31.6. The second-order valence-electron chi connectivity index (χ2n) is 21.2. The summed E-state index contributed by atoms with van der Waals surface area (Å²) < 4.78 is 2.41. The van der Waals surface area contributed by atoms with Gasteiger partial charge in [-0.1, -0.05) is 71.4 Å². The van der Waals surface area contributed by atoms with Gasteiger partial charge in [0.15, 0.2) is 0 Å². The van der Waals surface area contributed by atoms with Crippen molar-refractivity contribution < 1.29 is 0 Å². The van der Waals surface area contributed by atoms with Gasteiger partial charge < -0.3 is 24.6 Å². The van der Waals surface area contributed by atoms with E-state index < -0.39 is 0 Å². The second-order valence-corrected chi connectivity index (χ2v) is 21.2. The summed E-state index contributed by atoms with van der Waals surface area (Å²) in [5.41, 5.74) is 19.0. The van der Waals surface area contributed by atoms with Gasteiger partial charge in [0.1, 0.15) is 0 Å². The van der Waals surface area contributed by atoms with Crippen LogP contribution in [0.3, 0.4) is 0 Å². The molecule has 2 aromatic heterocycles. The highest BCUT2D eigenvalue weighted by molar-refractivity contribution is 5.57. The average molecular weight is 999 g/mol. The molecule has 1 N–H and O–H groups in total. The van der Waals surface area contributed by atoms with Crippen molar-refractivity contribution >= 4 is 5.70 Å². The van der Waals surface area contributed by atoms with Crippen LogP contribution in [0, 0.1) is 27.7 Å². The van der Waals surface area contributed by atoms with E-state index in [-0.39, 0.29) is 0 Å². The van der Waals surface area contributed by atoms with Crippen LogP contribution in [0.1, 0.15) is 197 Å². The zero-order valence-electron chi connectivity index (χ0n) is 51.0. The third-order valence-corrected chi connectivity index (χ3v) is 17.1. The fraction of sp³-hybridized carbons (Fsp3) is 0.689. The number of aromatic nitrogens is 3. The predicted octanol–water partition coefficient (Wildman–Crippen LogP) is 14.8. The lowest BCUT2D eigenvalue weighted by molar-refractivity contribution is 0.0383. The van der Waals surface area contributed by atoms with Crippen molar-refractivity contribution in [3.8, 4) is 0 Å². The van der Waals surface area contributed by atoms with Gasteiger partial charge in [-0.15, -0.1) is 6.58 Å². The van der Waals surface area contributed by atoms with E-state index in [0.717, 1.165) is 6.54 Å². The Morgan fingerprint density at radius 3 is 1.14 bits per heavy atom. The molecule has 7 rings (SSSR count). The molecule has 4 aliphatic heterocycles. The molecule has 11 nitrogen and oxygen atoms in total. The SMILES string of the molecule is C=CCN1C(C)=C(C)C(C)N1C.CCCCCCN1C(C)=C(C)C(C)N1C.CCCCCN1C(C)=C(C)C(C)N1C.CCCCN1C(C)=C(C)C(C)N1C.Cc1c(C)c(C)n(C2=CCC2)c1C.c1cn[nH]c1. The molecule has 0 amide bonds. The Kier molecular flexibility index (Phi) is 28.2. The van der Waals surface area contributed by atoms with Crippen LogP contribution in [0.2, 0.25) is 0 Å². The Morgan fingerprint density at radius 2 is 0.875 bits per heavy atom. The molecule has 0 aromatic carbocycles. The highest BCUT2D eigenvalue weighted by Crippen LogP contribution is 2.32. The number of H-pyrrole nitrogens is 1. The van der Waals surface area contributed by atoms with E-state index in [1.165, 1.54) is 164 Å². The molecule has 0 radical (unpaired) electrons. The normalized spacial score (nSPS) is 21.5. The number of rotatable bonds is 15. The summed E-state index contributed by atoms with van der Waals surface area (Å²) in [6.45, 7) is 50.7. The Balaban J connectivity index is 0.000000301. The Bertz CT molecular complexity index is 2040. The molecule has 2 aromatic rings. The maximum absolute atomic E-state index is 3.75. The van der Waals surface area contributed by atoms with Crippen LogP contribution in [-0.4, -0.2) is 133 Å². The van der Waals surface area contributed by atoms with Crippen LogP contribution in [-0.2, 0) is 0 Å². The monoisotopic (exact) mass is 998 g/mol. The molecule has 4 atom stereocenters. The molecular weight excluding hydrogens is 887 g/mol. The maximum atomic E-state index is 3.75. The molecule has 0 fully saturated rings. The highest BCUT2D eigenvalue weighted by atomic mass is 15.7. The van der Waals surface area contributed by atoms with Crippen molar-refractivity contribution in [1.82, 2.24) is 54.8 Å². The van der Waals surface area contributed by atoms with Crippen LogP contribution in [0.4, 0.5) is 0 Å². The first-order valence-electron chi connectivity index (χ1n) is 28.1. The van der Waals surface area contributed by atoms with Gasteiger partial charge in [0.05, 0.1) is 6.54 Å². The fourth-order valence-electron chi connectivity index (χ4n) is 10.1. The number of hydrogen-bond donors (Lipinski definition) is 1. The van der Waals surface area contributed by atoms with Crippen molar-refractivity contribution in [2.24, 2.45) is 0 Å². The molecule has 0 saturated heterocycles. The van der Waals surface area contributed by atoms with E-state index in [1.54, 1.807) is 12.4 Å². The van der Waals surface area contributed by atoms with Gasteiger partial charge in [-0.3, -0.25) is 5.10 Å². The summed E-state index contributed by atoms with van der Waals surface area (Å²) in [5.74, 6) is 0. The van der Waals surface area contributed by atoms with Crippen molar-refractivity contribution in [2.45, 2.75) is 226 Å². The minimum absolute atomic E-state index is 0.532. The van der Waals surface area contributed by atoms with Crippen LogP contribution in [0.15, 0.2) is 82.3 Å². The van der Waals surface area contributed by atoms with E-state index in [0.29, 0.717) is 24.2 Å². The lowest BCUT2D eigenvalue weighted by atomic mass is 10.1. The number of hydrazine groups is 4. The smallest absolute Gasteiger partial charge is 0.0521 e. The van der Waals surface area contributed by atoms with E-state index >= 15 is 0 Å². The summed E-state index contributed by atoms with van der Waals surface area (Å²) in [7, 11) is 8.69. The third-order valence-electron chi connectivity index (χ3n) is 17.1. The maximum Gasteiger partial charge on any atom is 0.0521 e. The number of unbranched alkanes of at least 4 members (excludes halogenated alkanes) is 6. The number of likely N-dealkylation sites (N-methyl/N-ethyl adjacent to an activating group) is 4. The van der Waals surface area contributed by atoms with Crippen LogP contribution in [0.5, 0.6) is 0 Å². The minimum Gasteiger partial charge on any atom is -0.322 e. The molecule has 0 spiro atoms. The molecular formula is C61H111N11. The Morgan fingerprint density at radius 1 is 0.528 bits per heavy atom. The Labute approximate surface area is 444 Å². The van der Waals surface area contributed by atoms with Gasteiger partial charge >= 0.3 is 0 Å². The number of nitrogens with one attached hydrogen (secondary N) is 1. The van der Waals surface area contributed by atoms with Gasteiger partial charge in [0.25, 0.3) is 0 Å². The number of nitrogens with zero attached hydrogens (tertiary/aromatic N) is 10. The largest absolute Gasteiger partial charge is 0.322 e.